The fourth-order valence-electron chi connectivity index (χ4n) is 5.14. The van der Waals surface area contributed by atoms with Crippen LogP contribution in [-0.4, -0.2) is 26.8 Å². The first-order valence-electron chi connectivity index (χ1n) is 11.5. The number of hydrogen-bond acceptors (Lipinski definition) is 6. The van der Waals surface area contributed by atoms with Crippen LogP contribution in [-0.2, 0) is 4.79 Å². The van der Waals surface area contributed by atoms with E-state index in [2.05, 4.69) is 16.8 Å². The maximum atomic E-state index is 13.7. The summed E-state index contributed by atoms with van der Waals surface area (Å²) in [5, 5.41) is 16.1. The zero-order valence-electron chi connectivity index (χ0n) is 17.7. The molecule has 0 spiro atoms. The summed E-state index contributed by atoms with van der Waals surface area (Å²) < 4.78 is 1.90. The number of carbonyl (C=O) groups excluding carboxylic acids is 1. The highest BCUT2D eigenvalue weighted by Gasteiger charge is 2.35. The molecule has 0 unspecified atom stereocenters. The van der Waals surface area contributed by atoms with E-state index in [9.17, 15) is 14.9 Å². The van der Waals surface area contributed by atoms with Gasteiger partial charge in [-0.2, -0.15) is 5.26 Å². The molecular formula is C23H28N4O2S2. The topological polar surface area (TPSA) is 87.8 Å². The van der Waals surface area contributed by atoms with Gasteiger partial charge in [0.2, 0.25) is 5.91 Å². The Labute approximate surface area is 190 Å². The van der Waals surface area contributed by atoms with Gasteiger partial charge in [-0.1, -0.05) is 31.0 Å². The minimum absolute atomic E-state index is 0.0762. The van der Waals surface area contributed by atoms with Gasteiger partial charge >= 0.3 is 0 Å². The first kappa shape index (κ1) is 21.0. The number of nitrogens with zero attached hydrogens (tertiary/aromatic N) is 3. The Balaban J connectivity index is 1.43. The van der Waals surface area contributed by atoms with E-state index in [1.54, 1.807) is 11.3 Å². The van der Waals surface area contributed by atoms with E-state index in [0.717, 1.165) is 74.4 Å². The second-order valence-corrected chi connectivity index (χ2v) is 11.0. The molecule has 0 bridgehead atoms. The zero-order chi connectivity index (χ0) is 21.4. The summed E-state index contributed by atoms with van der Waals surface area (Å²) in [6.07, 6.45) is 11.2. The molecule has 2 aromatic rings. The average molecular weight is 457 g/mol. The first-order chi connectivity index (χ1) is 15.1. The molecule has 6 nitrogen and oxygen atoms in total. The van der Waals surface area contributed by atoms with Gasteiger partial charge in [-0.05, 0) is 68.2 Å². The SMILES string of the molecule is N#CC1(NC(=O)CSc2nc3scc(C4CC4)c3c(=O)n2C2CCCCC2)CCCC1. The van der Waals surface area contributed by atoms with Gasteiger partial charge in [0.05, 0.1) is 17.2 Å². The molecule has 2 aromatic heterocycles. The lowest BCUT2D eigenvalue weighted by molar-refractivity contribution is -0.119. The third-order valence-corrected chi connectivity index (χ3v) is 8.82. The smallest absolute Gasteiger partial charge is 0.263 e. The minimum Gasteiger partial charge on any atom is -0.337 e. The molecule has 3 saturated carbocycles. The van der Waals surface area contributed by atoms with Crippen molar-refractivity contribution in [3.05, 3.63) is 21.3 Å². The van der Waals surface area contributed by atoms with Gasteiger partial charge in [-0.15, -0.1) is 11.3 Å². The van der Waals surface area contributed by atoms with E-state index >= 15 is 0 Å². The predicted molar refractivity (Wildman–Crippen MR) is 124 cm³/mol. The van der Waals surface area contributed by atoms with E-state index in [1.807, 2.05) is 4.57 Å². The van der Waals surface area contributed by atoms with Crippen molar-refractivity contribution >= 4 is 39.2 Å². The van der Waals surface area contributed by atoms with Crippen molar-refractivity contribution in [1.82, 2.24) is 14.9 Å². The second-order valence-electron chi connectivity index (χ2n) is 9.24. The van der Waals surface area contributed by atoms with Crippen molar-refractivity contribution in [2.24, 2.45) is 0 Å². The van der Waals surface area contributed by atoms with Gasteiger partial charge in [0.1, 0.15) is 10.4 Å². The fraction of sp³-hybridized carbons (Fsp3) is 0.652. The summed E-state index contributed by atoms with van der Waals surface area (Å²) in [5.74, 6) is 0.540. The van der Waals surface area contributed by atoms with Crippen LogP contribution in [0.2, 0.25) is 0 Å². The van der Waals surface area contributed by atoms with Crippen molar-refractivity contribution in [3.8, 4) is 6.07 Å². The summed E-state index contributed by atoms with van der Waals surface area (Å²) in [6, 6.07) is 2.47. The van der Waals surface area contributed by atoms with Crippen LogP contribution in [0.25, 0.3) is 10.2 Å². The van der Waals surface area contributed by atoms with Crippen LogP contribution in [0.3, 0.4) is 0 Å². The molecule has 1 amide bonds. The Morgan fingerprint density at radius 1 is 1.23 bits per heavy atom. The number of nitriles is 1. The van der Waals surface area contributed by atoms with Crippen molar-refractivity contribution in [1.29, 1.82) is 5.26 Å². The number of aromatic nitrogens is 2. The Morgan fingerprint density at radius 3 is 2.65 bits per heavy atom. The molecular weight excluding hydrogens is 428 g/mol. The zero-order valence-corrected chi connectivity index (χ0v) is 19.3. The molecule has 0 atom stereocenters. The van der Waals surface area contributed by atoms with Crippen LogP contribution in [0, 0.1) is 11.3 Å². The summed E-state index contributed by atoms with van der Waals surface area (Å²) in [4.78, 5) is 32.0. The lowest BCUT2D eigenvalue weighted by atomic mass is 9.95. The average Bonchev–Trinajstić information content (AvgIpc) is 3.37. The van der Waals surface area contributed by atoms with Crippen molar-refractivity contribution in [3.63, 3.8) is 0 Å². The molecule has 0 aliphatic heterocycles. The maximum absolute atomic E-state index is 13.7. The molecule has 1 N–H and O–H groups in total. The molecule has 5 rings (SSSR count). The number of hydrogen-bond donors (Lipinski definition) is 1. The molecule has 164 valence electrons. The van der Waals surface area contributed by atoms with Crippen LogP contribution in [0.1, 0.15) is 88.2 Å². The van der Waals surface area contributed by atoms with E-state index in [0.29, 0.717) is 11.1 Å². The van der Waals surface area contributed by atoms with Crippen LogP contribution in [0.4, 0.5) is 0 Å². The number of carbonyl (C=O) groups is 1. The van der Waals surface area contributed by atoms with Crippen LogP contribution in [0.15, 0.2) is 15.3 Å². The van der Waals surface area contributed by atoms with Crippen LogP contribution < -0.4 is 10.9 Å². The number of fused-ring (bicyclic) bond motifs is 1. The Hall–Kier alpha value is -1.85. The molecule has 3 aliphatic rings. The summed E-state index contributed by atoms with van der Waals surface area (Å²) in [6.45, 7) is 0. The highest BCUT2D eigenvalue weighted by molar-refractivity contribution is 7.99. The van der Waals surface area contributed by atoms with Gasteiger partial charge in [0, 0.05) is 6.04 Å². The molecule has 3 fully saturated rings. The quantitative estimate of drug-likeness (QED) is 0.494. The van der Waals surface area contributed by atoms with E-state index in [4.69, 9.17) is 4.98 Å². The highest BCUT2D eigenvalue weighted by atomic mass is 32.2. The first-order valence-corrected chi connectivity index (χ1v) is 13.4. The van der Waals surface area contributed by atoms with Gasteiger partial charge in [-0.3, -0.25) is 14.2 Å². The predicted octanol–water partition coefficient (Wildman–Crippen LogP) is 4.89. The largest absolute Gasteiger partial charge is 0.337 e. The number of rotatable bonds is 6. The Morgan fingerprint density at radius 2 is 1.97 bits per heavy atom. The number of nitrogens with one attached hydrogen (secondary N) is 1. The lowest BCUT2D eigenvalue weighted by Crippen LogP contribution is -2.46. The third kappa shape index (κ3) is 4.14. The Bertz CT molecular complexity index is 1080. The minimum atomic E-state index is -0.717. The molecule has 0 radical (unpaired) electrons. The molecule has 0 saturated heterocycles. The number of thioether (sulfide) groups is 1. The van der Waals surface area contributed by atoms with E-state index in [-0.39, 0.29) is 23.3 Å². The summed E-state index contributed by atoms with van der Waals surface area (Å²) in [7, 11) is 0. The summed E-state index contributed by atoms with van der Waals surface area (Å²) >= 11 is 2.89. The molecule has 3 aliphatic carbocycles. The van der Waals surface area contributed by atoms with Crippen LogP contribution in [0.5, 0.6) is 0 Å². The molecule has 8 heteroatoms. The Kier molecular flexibility index (Phi) is 5.82. The van der Waals surface area contributed by atoms with Crippen molar-refractivity contribution in [2.45, 2.75) is 93.3 Å². The van der Waals surface area contributed by atoms with E-state index < -0.39 is 5.54 Å². The lowest BCUT2D eigenvalue weighted by Gasteiger charge is -2.26. The van der Waals surface area contributed by atoms with E-state index in [1.165, 1.54) is 23.7 Å². The fourth-order valence-corrected chi connectivity index (χ4v) is 7.07. The monoisotopic (exact) mass is 456 g/mol. The van der Waals surface area contributed by atoms with Gasteiger partial charge in [0.15, 0.2) is 5.16 Å². The standard InChI is InChI=1S/C23H28N4O2S2/c24-14-23(10-4-5-11-23)26-18(28)13-31-22-25-20-19(17(12-30-20)15-8-9-15)21(29)27(22)16-6-2-1-3-7-16/h12,15-16H,1-11,13H2,(H,26,28). The van der Waals surface area contributed by atoms with Gasteiger partial charge < -0.3 is 5.32 Å². The third-order valence-electron chi connectivity index (χ3n) is 6.98. The second kappa shape index (κ2) is 8.59. The normalized spacial score (nSPS) is 21.3. The number of thiophene rings is 1. The molecule has 2 heterocycles. The van der Waals surface area contributed by atoms with Gasteiger partial charge in [0.25, 0.3) is 5.56 Å². The maximum Gasteiger partial charge on any atom is 0.263 e. The van der Waals surface area contributed by atoms with Crippen molar-refractivity contribution < 1.29 is 4.79 Å². The van der Waals surface area contributed by atoms with Crippen LogP contribution >= 0.6 is 23.1 Å². The molecule has 31 heavy (non-hydrogen) atoms. The van der Waals surface area contributed by atoms with Gasteiger partial charge in [-0.25, -0.2) is 4.98 Å². The summed E-state index contributed by atoms with van der Waals surface area (Å²) in [5.41, 5.74) is 0.533. The number of amides is 1. The molecule has 0 aromatic carbocycles. The highest BCUT2D eigenvalue weighted by Crippen LogP contribution is 2.44. The van der Waals surface area contributed by atoms with Crippen molar-refractivity contribution in [2.75, 3.05) is 5.75 Å².